The van der Waals surface area contributed by atoms with E-state index >= 15 is 0 Å². The lowest BCUT2D eigenvalue weighted by Crippen LogP contribution is -2.53. The average Bonchev–Trinajstić information content (AvgIpc) is 4.10. The number of alkyl halides is 1. The topological polar surface area (TPSA) is 253 Å². The Balaban J connectivity index is 0.000000176. The lowest BCUT2D eigenvalue weighted by Gasteiger charge is -2.35. The van der Waals surface area contributed by atoms with Gasteiger partial charge in [0.25, 0.3) is 0 Å². The fourth-order valence-corrected chi connectivity index (χ4v) is 10.1. The number of carbonyl (C=O) groups excluding carboxylic acids is 3. The molecular formula is C56H56Cl3N17O4. The molecule has 0 unspecified atom stereocenters. The predicted octanol–water partition coefficient (Wildman–Crippen LogP) is 10.7. The number of benzene rings is 4. The van der Waals surface area contributed by atoms with Gasteiger partial charge >= 0.3 is 6.09 Å². The summed E-state index contributed by atoms with van der Waals surface area (Å²) in [6.45, 7) is 9.45. The van der Waals surface area contributed by atoms with Crippen LogP contribution in [0.1, 0.15) is 31.9 Å². The summed E-state index contributed by atoms with van der Waals surface area (Å²) in [5, 5.41) is 14.1. The Bertz CT molecular complexity index is 3610. The second kappa shape index (κ2) is 25.1. The first-order valence-electron chi connectivity index (χ1n) is 25.5. The number of aromatic nitrogens is 6. The van der Waals surface area contributed by atoms with Gasteiger partial charge < -0.3 is 35.5 Å². The quantitative estimate of drug-likeness (QED) is 0.0581. The Hall–Kier alpha value is -8.50. The molecule has 0 saturated carbocycles. The number of rotatable bonds is 7. The zero-order valence-corrected chi connectivity index (χ0v) is 46.5. The van der Waals surface area contributed by atoms with Gasteiger partial charge in [-0.15, -0.1) is 11.6 Å². The van der Waals surface area contributed by atoms with Crippen molar-refractivity contribution >= 4 is 109 Å². The standard InChI is InChI=1S/C30H29ClN6O3.C25H21ClN6O.CH3Cl.H3N5/c1-30(2,3)40-29(39)35-13-14-36(26(38)18-35)22-7-8-23-24(16-22)33-27(20-5-4-11-32-17-20)34-28(23)37-12-10-19-15-21(31)6-9-25(19)37;26-18-3-6-22-16(12-18)7-10-32(22)25-20-5-4-19(31-11-9-28-15-23(31)33)13-21(20)29-24(30-25)17-2-1-8-27-14-17;1-2;1-3-5-4-2/h4-9,11,15-17H,10,12-14,18H2,1-3H3;1-6,8,12-14,28H,7,9-11,15H2;1H3;(H3,1,2,5). The Morgan fingerprint density at radius 3 is 1.62 bits per heavy atom. The molecule has 8 aromatic rings. The summed E-state index contributed by atoms with van der Waals surface area (Å²) in [6, 6.07) is 31.3. The van der Waals surface area contributed by atoms with Gasteiger partial charge in [0, 0.05) is 125 Å². The third kappa shape index (κ3) is 12.7. The number of pyridine rings is 2. The molecule has 4 aromatic carbocycles. The number of fused-ring (bicyclic) bond motifs is 4. The largest absolute Gasteiger partial charge is 0.444 e. The molecule has 80 heavy (non-hydrogen) atoms. The molecule has 21 nitrogen and oxygen atoms in total. The normalized spacial score (nSPS) is 14.9. The number of nitrogens with zero attached hydrogens (tertiary/aromatic N) is 14. The lowest BCUT2D eigenvalue weighted by molar-refractivity contribution is -0.121. The van der Waals surface area contributed by atoms with Crippen LogP contribution in [0.25, 0.3) is 44.6 Å². The van der Waals surface area contributed by atoms with Crippen molar-refractivity contribution in [3.05, 3.63) is 143 Å². The number of carbonyl (C=O) groups is 3. The summed E-state index contributed by atoms with van der Waals surface area (Å²) in [6.07, 6.45) is 9.71. The van der Waals surface area contributed by atoms with Crippen LogP contribution in [0, 0.1) is 5.53 Å². The number of nitrogens with two attached hydrogens (primary N) is 1. The molecule has 410 valence electrons. The SMILES string of the molecule is CC(C)(C)OC(=O)N1CCN(c2ccc3c(N4CCc5cc(Cl)ccc54)nc(-c4cccnc4)nc3c2)C(=O)C1.CCl.N=N/N=N/N.O=C1CNCCN1c1ccc2c(N3CCc4cc(Cl)ccc43)nc(-c3cccnc3)nc2c1. The van der Waals surface area contributed by atoms with E-state index in [1.807, 2.05) is 117 Å². The summed E-state index contributed by atoms with van der Waals surface area (Å²) < 4.78 is 5.45. The van der Waals surface area contributed by atoms with Crippen LogP contribution in [-0.4, -0.2) is 117 Å². The first kappa shape index (κ1) is 56.2. The third-order valence-corrected chi connectivity index (χ3v) is 13.7. The van der Waals surface area contributed by atoms with Gasteiger partial charge in [-0.2, -0.15) is 5.53 Å². The van der Waals surface area contributed by atoms with Crippen molar-refractivity contribution in [3.63, 3.8) is 0 Å². The van der Waals surface area contributed by atoms with E-state index in [0.29, 0.717) is 48.4 Å². The van der Waals surface area contributed by atoms with E-state index in [9.17, 15) is 14.4 Å². The van der Waals surface area contributed by atoms with E-state index < -0.39 is 11.7 Å². The molecule has 0 spiro atoms. The Kier molecular flexibility index (Phi) is 17.6. The smallest absolute Gasteiger partial charge is 0.410 e. The van der Waals surface area contributed by atoms with Gasteiger partial charge in [-0.1, -0.05) is 28.4 Å². The first-order chi connectivity index (χ1) is 38.7. The molecule has 8 heterocycles. The summed E-state index contributed by atoms with van der Waals surface area (Å²) >= 11 is 17.1. The van der Waals surface area contributed by atoms with Crippen molar-refractivity contribution in [1.29, 1.82) is 5.53 Å². The van der Waals surface area contributed by atoms with Crippen LogP contribution in [0.2, 0.25) is 10.0 Å². The number of hydrogen-bond donors (Lipinski definition) is 3. The van der Waals surface area contributed by atoms with Crippen molar-refractivity contribution in [3.8, 4) is 22.8 Å². The minimum absolute atomic E-state index is 0.0456. The van der Waals surface area contributed by atoms with E-state index in [1.165, 1.54) is 22.4 Å². The molecular weight excluding hydrogens is 1080 g/mol. The van der Waals surface area contributed by atoms with Gasteiger partial charge in [-0.3, -0.25) is 24.5 Å². The van der Waals surface area contributed by atoms with Crippen molar-refractivity contribution < 1.29 is 19.1 Å². The number of ether oxygens (including phenoxy) is 1. The highest BCUT2D eigenvalue weighted by molar-refractivity contribution is 6.31. The van der Waals surface area contributed by atoms with E-state index in [4.69, 9.17) is 53.4 Å². The molecule has 2 fully saturated rings. The summed E-state index contributed by atoms with van der Waals surface area (Å²) in [5.41, 5.74) is 14.6. The summed E-state index contributed by atoms with van der Waals surface area (Å²) in [4.78, 5) is 75.8. The molecule has 4 aromatic heterocycles. The molecule has 3 amide bonds. The highest BCUT2D eigenvalue weighted by Gasteiger charge is 2.32. The van der Waals surface area contributed by atoms with E-state index in [2.05, 4.69) is 64.3 Å². The van der Waals surface area contributed by atoms with Crippen molar-refractivity contribution in [2.75, 3.05) is 78.3 Å². The van der Waals surface area contributed by atoms with Gasteiger partial charge in [0.15, 0.2) is 11.6 Å². The number of nitrogens with one attached hydrogen (secondary N) is 2. The van der Waals surface area contributed by atoms with Crippen LogP contribution in [0.4, 0.5) is 39.2 Å². The van der Waals surface area contributed by atoms with Crippen molar-refractivity contribution in [2.45, 2.75) is 39.2 Å². The number of piperazine rings is 2. The maximum atomic E-state index is 13.2. The second-order valence-electron chi connectivity index (χ2n) is 19.5. The average molecular weight is 1140 g/mol. The zero-order chi connectivity index (χ0) is 56.5. The van der Waals surface area contributed by atoms with Crippen LogP contribution in [0.5, 0.6) is 0 Å². The van der Waals surface area contributed by atoms with Crippen molar-refractivity contribution in [2.24, 2.45) is 21.5 Å². The Morgan fingerprint density at radius 1 is 0.662 bits per heavy atom. The molecule has 0 atom stereocenters. The van der Waals surface area contributed by atoms with Crippen LogP contribution in [0.15, 0.2) is 138 Å². The zero-order valence-electron chi connectivity index (χ0n) is 44.2. The van der Waals surface area contributed by atoms with E-state index in [-0.39, 0.29) is 18.4 Å². The predicted molar refractivity (Wildman–Crippen MR) is 311 cm³/mol. The van der Waals surface area contributed by atoms with Gasteiger partial charge in [0.1, 0.15) is 23.8 Å². The number of amides is 3. The second-order valence-corrected chi connectivity index (χ2v) is 20.3. The molecule has 4 N–H and O–H groups in total. The monoisotopic (exact) mass is 1140 g/mol. The molecule has 0 aliphatic carbocycles. The lowest BCUT2D eigenvalue weighted by atomic mass is 10.1. The fourth-order valence-electron chi connectivity index (χ4n) is 9.71. The van der Waals surface area contributed by atoms with Gasteiger partial charge in [0.2, 0.25) is 11.8 Å². The van der Waals surface area contributed by atoms with Crippen LogP contribution < -0.4 is 30.8 Å². The number of anilines is 6. The fraction of sp³-hybridized carbons (Fsp3) is 0.268. The number of hydrogen-bond acceptors (Lipinski definition) is 15. The molecule has 12 rings (SSSR count). The van der Waals surface area contributed by atoms with E-state index in [0.717, 1.165) is 99.3 Å². The van der Waals surface area contributed by atoms with Gasteiger partial charge in [-0.05, 0) is 152 Å². The highest BCUT2D eigenvalue weighted by atomic mass is 35.5. The van der Waals surface area contributed by atoms with Crippen LogP contribution in [0.3, 0.4) is 0 Å². The minimum atomic E-state index is -0.624. The molecule has 4 aliphatic rings. The van der Waals surface area contributed by atoms with Gasteiger partial charge in [0.05, 0.1) is 17.6 Å². The summed E-state index contributed by atoms with van der Waals surface area (Å²) in [5.74, 6) is 7.06. The Morgan fingerprint density at radius 2 is 1.19 bits per heavy atom. The van der Waals surface area contributed by atoms with Crippen molar-refractivity contribution in [1.82, 2.24) is 40.1 Å². The maximum absolute atomic E-state index is 13.2. The molecule has 24 heteroatoms. The molecule has 2 saturated heterocycles. The van der Waals surface area contributed by atoms with Gasteiger partial charge in [-0.25, -0.2) is 24.7 Å². The molecule has 0 radical (unpaired) electrons. The van der Waals surface area contributed by atoms with Crippen LogP contribution >= 0.6 is 34.8 Å². The highest BCUT2D eigenvalue weighted by Crippen LogP contribution is 2.42. The molecule has 0 bridgehead atoms. The maximum Gasteiger partial charge on any atom is 0.410 e. The number of halogens is 3. The van der Waals surface area contributed by atoms with E-state index in [1.54, 1.807) is 29.7 Å². The molecule has 4 aliphatic heterocycles. The minimum Gasteiger partial charge on any atom is -0.444 e. The first-order valence-corrected chi connectivity index (χ1v) is 27.0. The van der Waals surface area contributed by atoms with Crippen LogP contribution in [-0.2, 0) is 27.2 Å². The summed E-state index contributed by atoms with van der Waals surface area (Å²) in [7, 11) is 0. The Labute approximate surface area is 476 Å². The third-order valence-electron chi connectivity index (χ3n) is 13.2.